The predicted molar refractivity (Wildman–Crippen MR) is 152 cm³/mol. The van der Waals surface area contributed by atoms with Gasteiger partial charge in [0, 0.05) is 53.5 Å². The summed E-state index contributed by atoms with van der Waals surface area (Å²) in [5, 5.41) is 30.3. The van der Waals surface area contributed by atoms with Crippen molar-refractivity contribution in [3.8, 4) is 17.2 Å². The van der Waals surface area contributed by atoms with E-state index in [2.05, 4.69) is 19.9 Å². The van der Waals surface area contributed by atoms with E-state index in [1.54, 1.807) is 36.4 Å². The summed E-state index contributed by atoms with van der Waals surface area (Å²) in [5.41, 5.74) is 4.58. The van der Waals surface area contributed by atoms with Crippen LogP contribution in [0.15, 0.2) is 87.8 Å². The van der Waals surface area contributed by atoms with E-state index in [-0.39, 0.29) is 17.2 Å². The molecule has 37 heavy (non-hydrogen) atoms. The minimum Gasteiger partial charge on any atom is -0.507 e. The summed E-state index contributed by atoms with van der Waals surface area (Å²) >= 11 is 0. The maximum absolute atomic E-state index is 10.1. The van der Waals surface area contributed by atoms with E-state index in [9.17, 15) is 15.3 Å². The van der Waals surface area contributed by atoms with E-state index in [4.69, 9.17) is 0 Å². The van der Waals surface area contributed by atoms with E-state index in [0.717, 1.165) is 33.8 Å². The molecule has 3 aromatic carbocycles. The molecule has 0 bridgehead atoms. The highest BCUT2D eigenvalue weighted by atomic mass is 16.3. The van der Waals surface area contributed by atoms with Crippen LogP contribution in [0.4, 0.5) is 0 Å². The van der Waals surface area contributed by atoms with Gasteiger partial charge in [0.2, 0.25) is 0 Å². The van der Waals surface area contributed by atoms with Gasteiger partial charge in [-0.25, -0.2) is 0 Å². The van der Waals surface area contributed by atoms with Crippen LogP contribution in [0.1, 0.15) is 37.5 Å². The highest BCUT2D eigenvalue weighted by molar-refractivity contribution is 6.02. The topological polar surface area (TPSA) is 101 Å². The van der Waals surface area contributed by atoms with Crippen LogP contribution in [0, 0.1) is 0 Å². The van der Waals surface area contributed by atoms with E-state index in [1.165, 1.54) is 0 Å². The van der Waals surface area contributed by atoms with Crippen molar-refractivity contribution in [3.63, 3.8) is 0 Å². The standard InChI is InChI=1S/C30H36N4O3/c1-22(25-10-4-7-13-28(25)35)31-16-19-34(20-17-32-23(2)26-11-5-8-14-29(26)36)21-18-33-24(3)27-12-6-9-15-30(27)37/h4-15,35-37H,16-21H2,1-3H3. The maximum Gasteiger partial charge on any atom is 0.124 e. The van der Waals surface area contributed by atoms with Crippen molar-refractivity contribution < 1.29 is 15.3 Å². The summed E-state index contributed by atoms with van der Waals surface area (Å²) in [7, 11) is 0. The Kier molecular flexibility index (Phi) is 10.4. The Morgan fingerprint density at radius 1 is 0.514 bits per heavy atom. The fourth-order valence-electron chi connectivity index (χ4n) is 4.01. The van der Waals surface area contributed by atoms with Crippen molar-refractivity contribution in [1.82, 2.24) is 4.90 Å². The number of nitrogens with zero attached hydrogens (tertiary/aromatic N) is 4. The van der Waals surface area contributed by atoms with Gasteiger partial charge in [-0.05, 0) is 57.2 Å². The highest BCUT2D eigenvalue weighted by Gasteiger charge is 2.08. The van der Waals surface area contributed by atoms with Gasteiger partial charge in [0.15, 0.2) is 0 Å². The minimum absolute atomic E-state index is 0.226. The molecular weight excluding hydrogens is 464 g/mol. The summed E-state index contributed by atoms with van der Waals surface area (Å²) in [4.78, 5) is 16.3. The van der Waals surface area contributed by atoms with Crippen LogP contribution in [0.25, 0.3) is 0 Å². The monoisotopic (exact) mass is 500 g/mol. The second-order valence-corrected chi connectivity index (χ2v) is 8.79. The molecule has 7 nitrogen and oxygen atoms in total. The summed E-state index contributed by atoms with van der Waals surface area (Å²) in [6, 6.07) is 21.6. The maximum atomic E-state index is 10.1. The molecule has 0 aliphatic carbocycles. The van der Waals surface area contributed by atoms with Gasteiger partial charge < -0.3 is 15.3 Å². The summed E-state index contributed by atoms with van der Waals surface area (Å²) in [5.74, 6) is 0.677. The SMILES string of the molecule is CC(=NCCN(CCN=C(C)c1ccccc1O)CCN=C(C)c1ccccc1O)c1ccccc1O. The lowest BCUT2D eigenvalue weighted by Gasteiger charge is -2.20. The van der Waals surface area contributed by atoms with Crippen LogP contribution in [0.5, 0.6) is 17.2 Å². The van der Waals surface area contributed by atoms with Crippen molar-refractivity contribution in [1.29, 1.82) is 0 Å². The van der Waals surface area contributed by atoms with Crippen LogP contribution in [0.3, 0.4) is 0 Å². The van der Waals surface area contributed by atoms with Gasteiger partial charge in [0.1, 0.15) is 17.2 Å². The molecule has 3 aromatic rings. The molecule has 3 rings (SSSR count). The Balaban J connectivity index is 1.65. The van der Waals surface area contributed by atoms with Crippen molar-refractivity contribution in [2.24, 2.45) is 15.0 Å². The third-order valence-electron chi connectivity index (χ3n) is 6.18. The number of phenolic OH excluding ortho intramolecular Hbond substituents is 3. The Morgan fingerprint density at radius 2 is 0.784 bits per heavy atom. The molecular formula is C30H36N4O3. The van der Waals surface area contributed by atoms with E-state index in [0.29, 0.717) is 39.3 Å². The van der Waals surface area contributed by atoms with E-state index in [1.807, 2.05) is 57.2 Å². The van der Waals surface area contributed by atoms with Crippen LogP contribution < -0.4 is 0 Å². The lowest BCUT2D eigenvalue weighted by molar-refractivity contribution is 0.298. The van der Waals surface area contributed by atoms with E-state index < -0.39 is 0 Å². The normalized spacial score (nSPS) is 12.8. The Bertz CT molecular complexity index is 1110. The molecule has 0 heterocycles. The third-order valence-corrected chi connectivity index (χ3v) is 6.18. The number of benzene rings is 3. The van der Waals surface area contributed by atoms with Crippen LogP contribution in [-0.2, 0) is 0 Å². The molecule has 0 unspecified atom stereocenters. The fourth-order valence-corrected chi connectivity index (χ4v) is 4.01. The van der Waals surface area contributed by atoms with Gasteiger partial charge >= 0.3 is 0 Å². The average molecular weight is 501 g/mol. The number of hydrogen-bond acceptors (Lipinski definition) is 7. The fraction of sp³-hybridized carbons (Fsp3) is 0.300. The summed E-state index contributed by atoms with van der Waals surface area (Å²) in [6.07, 6.45) is 0. The van der Waals surface area contributed by atoms with Crippen molar-refractivity contribution in [2.45, 2.75) is 20.8 Å². The van der Waals surface area contributed by atoms with Gasteiger partial charge in [-0.15, -0.1) is 0 Å². The first kappa shape index (κ1) is 27.6. The zero-order chi connectivity index (χ0) is 26.6. The number of para-hydroxylation sites is 3. The quantitative estimate of drug-likeness (QED) is 0.307. The largest absolute Gasteiger partial charge is 0.507 e. The Morgan fingerprint density at radius 3 is 1.05 bits per heavy atom. The zero-order valence-corrected chi connectivity index (χ0v) is 21.8. The van der Waals surface area contributed by atoms with Crippen LogP contribution >= 0.6 is 0 Å². The number of rotatable bonds is 12. The number of phenols is 3. The summed E-state index contributed by atoms with van der Waals surface area (Å²) in [6.45, 7) is 9.56. The van der Waals surface area contributed by atoms with Gasteiger partial charge in [-0.2, -0.15) is 0 Å². The Hall–Kier alpha value is -3.97. The van der Waals surface area contributed by atoms with Crippen molar-refractivity contribution in [3.05, 3.63) is 89.5 Å². The lowest BCUT2D eigenvalue weighted by Crippen LogP contribution is -2.32. The molecule has 0 spiro atoms. The number of aliphatic imine (C=N–C) groups is 3. The van der Waals surface area contributed by atoms with Gasteiger partial charge in [-0.1, -0.05) is 36.4 Å². The lowest BCUT2D eigenvalue weighted by atomic mass is 10.1. The molecule has 0 saturated carbocycles. The van der Waals surface area contributed by atoms with Gasteiger partial charge in [0.25, 0.3) is 0 Å². The zero-order valence-electron chi connectivity index (χ0n) is 21.8. The van der Waals surface area contributed by atoms with Gasteiger partial charge in [0.05, 0.1) is 19.6 Å². The molecule has 3 N–H and O–H groups in total. The van der Waals surface area contributed by atoms with Crippen molar-refractivity contribution in [2.75, 3.05) is 39.3 Å². The third kappa shape index (κ3) is 8.29. The molecule has 0 aliphatic heterocycles. The van der Waals surface area contributed by atoms with Crippen LogP contribution in [0.2, 0.25) is 0 Å². The van der Waals surface area contributed by atoms with Crippen molar-refractivity contribution >= 4 is 17.1 Å². The Labute approximate surface area is 219 Å². The van der Waals surface area contributed by atoms with Crippen LogP contribution in [-0.4, -0.2) is 76.6 Å². The molecule has 0 aromatic heterocycles. The average Bonchev–Trinajstić information content (AvgIpc) is 2.89. The summed E-state index contributed by atoms with van der Waals surface area (Å²) < 4.78 is 0. The molecule has 0 saturated heterocycles. The molecule has 0 aliphatic rings. The first-order valence-electron chi connectivity index (χ1n) is 12.5. The number of aromatic hydroxyl groups is 3. The smallest absolute Gasteiger partial charge is 0.124 e. The second-order valence-electron chi connectivity index (χ2n) is 8.79. The molecule has 0 amide bonds. The first-order valence-corrected chi connectivity index (χ1v) is 12.5. The molecule has 194 valence electrons. The highest BCUT2D eigenvalue weighted by Crippen LogP contribution is 2.18. The molecule has 0 radical (unpaired) electrons. The van der Waals surface area contributed by atoms with Gasteiger partial charge in [-0.3, -0.25) is 19.9 Å². The predicted octanol–water partition coefficient (Wildman–Crippen LogP) is 4.93. The molecule has 0 atom stereocenters. The number of hydrogen-bond donors (Lipinski definition) is 3. The molecule has 7 heteroatoms. The first-order chi connectivity index (χ1) is 17.9. The second kappa shape index (κ2) is 13.9. The minimum atomic E-state index is 0.226. The molecule has 0 fully saturated rings. The van der Waals surface area contributed by atoms with E-state index >= 15 is 0 Å².